The molecule has 1 aromatic carbocycles. The van der Waals surface area contributed by atoms with Gasteiger partial charge in [-0.25, -0.2) is 15.0 Å². The van der Waals surface area contributed by atoms with Gasteiger partial charge in [0.1, 0.15) is 40.8 Å². The summed E-state index contributed by atoms with van der Waals surface area (Å²) in [5.41, 5.74) is 5.60. The van der Waals surface area contributed by atoms with Crippen LogP contribution in [-0.4, -0.2) is 48.3 Å². The molecule has 190 valence electrons. The fraction of sp³-hybridized carbons (Fsp3) is 0.292. The van der Waals surface area contributed by atoms with Crippen LogP contribution in [-0.2, 0) is 22.3 Å². The molecule has 4 heterocycles. The Morgan fingerprint density at radius 2 is 1.97 bits per heavy atom. The van der Waals surface area contributed by atoms with Gasteiger partial charge in [0.15, 0.2) is 0 Å². The number of amides is 2. The van der Waals surface area contributed by atoms with Crippen LogP contribution in [0.1, 0.15) is 18.4 Å². The number of hydrogen-bond donors (Lipinski definition) is 2. The van der Waals surface area contributed by atoms with Crippen molar-refractivity contribution in [2.75, 3.05) is 11.1 Å². The van der Waals surface area contributed by atoms with Gasteiger partial charge in [0, 0.05) is 11.4 Å². The van der Waals surface area contributed by atoms with Crippen molar-refractivity contribution < 1.29 is 22.8 Å². The molecular formula is C24H19BrF3N7O2. The Balaban J connectivity index is 1.35. The maximum Gasteiger partial charge on any atom is 0.416 e. The van der Waals surface area contributed by atoms with Crippen LogP contribution in [0.4, 0.5) is 24.8 Å². The van der Waals surface area contributed by atoms with E-state index in [1.54, 1.807) is 23.1 Å². The van der Waals surface area contributed by atoms with Crippen molar-refractivity contribution in [3.05, 3.63) is 52.9 Å². The predicted octanol–water partition coefficient (Wildman–Crippen LogP) is 3.97. The molecule has 3 aromatic heterocycles. The van der Waals surface area contributed by atoms with E-state index in [4.69, 9.17) is 5.73 Å². The Kier molecular flexibility index (Phi) is 5.37. The van der Waals surface area contributed by atoms with E-state index in [2.05, 4.69) is 36.2 Å². The molecular weight excluding hydrogens is 555 g/mol. The van der Waals surface area contributed by atoms with Gasteiger partial charge in [0.05, 0.1) is 16.5 Å². The fourth-order valence-corrected chi connectivity index (χ4v) is 5.57. The van der Waals surface area contributed by atoms with Gasteiger partial charge in [0.2, 0.25) is 11.8 Å². The Morgan fingerprint density at radius 3 is 2.73 bits per heavy atom. The summed E-state index contributed by atoms with van der Waals surface area (Å²) in [5.74, 6) is -0.0899. The van der Waals surface area contributed by atoms with E-state index in [0.717, 1.165) is 18.6 Å². The maximum absolute atomic E-state index is 13.6. The molecule has 2 aliphatic rings. The Hall–Kier alpha value is -3.74. The number of benzene rings is 1. The van der Waals surface area contributed by atoms with Crippen LogP contribution in [0.2, 0.25) is 0 Å². The number of nitrogens with two attached hydrogens (primary N) is 1. The smallest absolute Gasteiger partial charge is 0.383 e. The molecule has 3 N–H and O–H groups in total. The van der Waals surface area contributed by atoms with Crippen LogP contribution in [0.5, 0.6) is 0 Å². The van der Waals surface area contributed by atoms with E-state index in [9.17, 15) is 22.8 Å². The molecule has 13 heteroatoms. The van der Waals surface area contributed by atoms with Gasteiger partial charge in [-0.05, 0) is 59.0 Å². The van der Waals surface area contributed by atoms with Crippen molar-refractivity contribution in [1.82, 2.24) is 24.4 Å². The molecule has 37 heavy (non-hydrogen) atoms. The van der Waals surface area contributed by atoms with E-state index >= 15 is 0 Å². The molecule has 1 saturated carbocycles. The van der Waals surface area contributed by atoms with Crippen LogP contribution in [0.25, 0.3) is 21.9 Å². The largest absolute Gasteiger partial charge is 0.416 e. The molecule has 4 aromatic rings. The third-order valence-electron chi connectivity index (χ3n) is 6.95. The van der Waals surface area contributed by atoms with Crippen molar-refractivity contribution >= 4 is 61.3 Å². The lowest BCUT2D eigenvalue weighted by Gasteiger charge is -2.27. The minimum Gasteiger partial charge on any atom is -0.383 e. The summed E-state index contributed by atoms with van der Waals surface area (Å²) in [6.07, 6.45) is -2.07. The minimum absolute atomic E-state index is 0.0859. The average molecular weight is 574 g/mol. The molecule has 1 aliphatic carbocycles. The normalized spacial score (nSPS) is 20.9. The summed E-state index contributed by atoms with van der Waals surface area (Å²) in [6, 6.07) is 7.56. The lowest BCUT2D eigenvalue weighted by Crippen LogP contribution is -2.46. The number of fused-ring (bicyclic) bond motifs is 4. The molecule has 6 rings (SSSR count). The number of rotatable bonds is 4. The van der Waals surface area contributed by atoms with E-state index in [1.807, 2.05) is 0 Å². The molecule has 2 amide bonds. The van der Waals surface area contributed by atoms with E-state index < -0.39 is 17.8 Å². The second-order valence-corrected chi connectivity index (χ2v) is 10.0. The van der Waals surface area contributed by atoms with Crippen LogP contribution < -0.4 is 11.1 Å². The number of alkyl halides is 3. The molecule has 0 spiro atoms. The number of carbonyl (C=O) groups is 2. The quantitative estimate of drug-likeness (QED) is 0.356. The highest BCUT2D eigenvalue weighted by Crippen LogP contribution is 2.48. The number of carbonyl (C=O) groups excluding carboxylic acids is 2. The fourth-order valence-electron chi connectivity index (χ4n) is 5.22. The molecule has 2 fully saturated rings. The van der Waals surface area contributed by atoms with E-state index in [0.29, 0.717) is 27.6 Å². The van der Waals surface area contributed by atoms with Crippen LogP contribution in [0, 0.1) is 5.92 Å². The van der Waals surface area contributed by atoms with Crippen LogP contribution in [0.15, 0.2) is 47.3 Å². The molecule has 0 unspecified atom stereocenters. The lowest BCUT2D eigenvalue weighted by molar-refractivity contribution is -0.138. The minimum atomic E-state index is -4.57. The van der Waals surface area contributed by atoms with Gasteiger partial charge in [-0.15, -0.1) is 0 Å². The summed E-state index contributed by atoms with van der Waals surface area (Å²) in [4.78, 5) is 40.7. The summed E-state index contributed by atoms with van der Waals surface area (Å²) >= 11 is 3.26. The van der Waals surface area contributed by atoms with Gasteiger partial charge in [-0.3, -0.25) is 9.59 Å². The second-order valence-electron chi connectivity index (χ2n) is 9.22. The number of hydrogen-bond acceptors (Lipinski definition) is 6. The van der Waals surface area contributed by atoms with Gasteiger partial charge in [-0.1, -0.05) is 12.1 Å². The van der Waals surface area contributed by atoms with Gasteiger partial charge < -0.3 is 20.5 Å². The zero-order valence-electron chi connectivity index (χ0n) is 19.0. The van der Waals surface area contributed by atoms with Gasteiger partial charge in [-0.2, -0.15) is 13.2 Å². The lowest BCUT2D eigenvalue weighted by atomic mass is 10.1. The summed E-state index contributed by atoms with van der Waals surface area (Å²) in [6.45, 7) is -0.306. The van der Waals surface area contributed by atoms with Crippen molar-refractivity contribution in [2.45, 2.75) is 37.6 Å². The number of anilines is 2. The first-order chi connectivity index (χ1) is 17.6. The number of pyridine rings is 1. The summed E-state index contributed by atoms with van der Waals surface area (Å²) in [5, 5.41) is 3.54. The van der Waals surface area contributed by atoms with Crippen molar-refractivity contribution in [2.24, 2.45) is 5.92 Å². The summed E-state index contributed by atoms with van der Waals surface area (Å²) in [7, 11) is 0. The standard InChI is InChI=1S/C24H19BrF3N7O2/c25-17-2-1-3-18(32-17)33-23(37)16-7-11-6-14(11)35(16)19(36)9-34-15-8-12(24(26,27)28)4-5-13(15)20-21(29)30-10-31-22(20)34/h1-5,8,10-11,14,16H,6-7,9H2,(H2,29,30,31)(H,32,33,37)/t11-,14-,16+/m1/s1. The average Bonchev–Trinajstić information content (AvgIpc) is 3.38. The molecule has 0 radical (unpaired) electrons. The SMILES string of the molecule is Nc1ncnc2c1c1ccc(C(F)(F)F)cc1n2CC(=O)N1[C@@H]2C[C@@H]2C[C@H]1C(=O)Nc1cccc(Br)n1. The number of piperidine rings is 1. The first-order valence-corrected chi connectivity index (χ1v) is 12.3. The maximum atomic E-state index is 13.6. The number of halogens is 4. The number of nitrogen functional groups attached to an aromatic ring is 1. The highest BCUT2D eigenvalue weighted by molar-refractivity contribution is 9.10. The van der Waals surface area contributed by atoms with Crippen LogP contribution in [0.3, 0.4) is 0 Å². The van der Waals surface area contributed by atoms with Gasteiger partial charge in [0.25, 0.3) is 0 Å². The van der Waals surface area contributed by atoms with Crippen LogP contribution >= 0.6 is 15.9 Å². The number of nitrogens with one attached hydrogen (secondary N) is 1. The number of aromatic nitrogens is 4. The highest BCUT2D eigenvalue weighted by Gasteiger charge is 2.56. The Bertz CT molecular complexity index is 1590. The number of nitrogens with zero attached hydrogens (tertiary/aromatic N) is 5. The first kappa shape index (κ1) is 23.6. The molecule has 1 aliphatic heterocycles. The van der Waals surface area contributed by atoms with Crippen molar-refractivity contribution in [3.63, 3.8) is 0 Å². The van der Waals surface area contributed by atoms with Gasteiger partial charge >= 0.3 is 6.18 Å². The number of likely N-dealkylation sites (tertiary alicyclic amines) is 1. The Morgan fingerprint density at radius 1 is 1.16 bits per heavy atom. The third-order valence-corrected chi connectivity index (χ3v) is 7.39. The molecule has 3 atom stereocenters. The molecule has 1 saturated heterocycles. The molecule has 9 nitrogen and oxygen atoms in total. The third kappa shape index (κ3) is 4.06. The molecule has 0 bridgehead atoms. The zero-order chi connectivity index (χ0) is 26.1. The monoisotopic (exact) mass is 573 g/mol. The topological polar surface area (TPSA) is 119 Å². The zero-order valence-corrected chi connectivity index (χ0v) is 20.6. The Labute approximate surface area is 216 Å². The van der Waals surface area contributed by atoms with Crippen molar-refractivity contribution in [3.8, 4) is 0 Å². The predicted molar refractivity (Wildman–Crippen MR) is 132 cm³/mol. The second kappa shape index (κ2) is 8.40. The van der Waals surface area contributed by atoms with E-state index in [-0.39, 0.29) is 47.3 Å². The van der Waals surface area contributed by atoms with E-state index in [1.165, 1.54) is 17.0 Å². The summed E-state index contributed by atoms with van der Waals surface area (Å²) < 4.78 is 42.5. The first-order valence-electron chi connectivity index (χ1n) is 11.5. The highest BCUT2D eigenvalue weighted by atomic mass is 79.9. The van der Waals surface area contributed by atoms with Crippen molar-refractivity contribution in [1.29, 1.82) is 0 Å².